The van der Waals surface area contributed by atoms with Crippen LogP contribution in [0.1, 0.15) is 37.2 Å². The Morgan fingerprint density at radius 1 is 1.25 bits per heavy atom. The van der Waals surface area contributed by atoms with Gasteiger partial charge in [-0.1, -0.05) is 12.1 Å². The summed E-state index contributed by atoms with van der Waals surface area (Å²) in [6.07, 6.45) is -4.70. The maximum Gasteiger partial charge on any atom is 0.433 e. The smallest absolute Gasteiger partial charge is 0.433 e. The first-order valence-corrected chi connectivity index (χ1v) is 10.8. The molecule has 3 N–H and O–H groups in total. The van der Waals surface area contributed by atoms with E-state index in [1.807, 2.05) is 0 Å². The molecule has 4 aromatic rings. The highest BCUT2D eigenvalue weighted by molar-refractivity contribution is 7.21. The van der Waals surface area contributed by atoms with Gasteiger partial charge in [0.2, 0.25) is 0 Å². The van der Waals surface area contributed by atoms with E-state index >= 15 is 0 Å². The van der Waals surface area contributed by atoms with Crippen LogP contribution >= 0.6 is 11.3 Å². The highest BCUT2D eigenvalue weighted by Crippen LogP contribution is 2.40. The second-order valence-electron chi connectivity index (χ2n) is 7.41. The number of fused-ring (bicyclic) bond motifs is 1. The molecular weight excluding hydrogens is 505 g/mol. The Morgan fingerprint density at radius 3 is 2.64 bits per heavy atom. The minimum atomic E-state index is -4.70. The van der Waals surface area contributed by atoms with E-state index in [0.29, 0.717) is 11.3 Å². The molecule has 4 rings (SSSR count). The number of alkyl halides is 3. The molecule has 0 saturated heterocycles. The van der Waals surface area contributed by atoms with Crippen LogP contribution in [0, 0.1) is 17.0 Å². The minimum absolute atomic E-state index is 0.00180. The van der Waals surface area contributed by atoms with Crippen LogP contribution in [0.15, 0.2) is 46.9 Å². The van der Waals surface area contributed by atoms with Gasteiger partial charge in [0.1, 0.15) is 27.8 Å². The molecule has 0 aliphatic carbocycles. The Hall–Kier alpha value is -4.46. The number of nitrogens with one attached hydrogen (secondary N) is 1. The molecule has 0 aliphatic rings. The first-order valence-electron chi connectivity index (χ1n) is 10.0. The number of furan rings is 1. The minimum Gasteiger partial charge on any atom is -0.479 e. The lowest BCUT2D eigenvalue weighted by atomic mass is 10.1. The second-order valence-corrected chi connectivity index (χ2v) is 8.41. The molecule has 0 saturated carbocycles. The van der Waals surface area contributed by atoms with Crippen molar-refractivity contribution in [3.8, 4) is 5.75 Å². The van der Waals surface area contributed by atoms with Crippen molar-refractivity contribution in [1.82, 2.24) is 4.98 Å². The number of benzene rings is 1. The van der Waals surface area contributed by atoms with Crippen molar-refractivity contribution in [1.29, 1.82) is 0 Å². The molecule has 2 amide bonds. The Bertz CT molecular complexity index is 1510. The molecule has 186 valence electrons. The Kier molecular flexibility index (Phi) is 6.37. The van der Waals surface area contributed by atoms with Gasteiger partial charge in [-0.05, 0) is 36.8 Å². The Balaban J connectivity index is 1.58. The van der Waals surface area contributed by atoms with E-state index < -0.39 is 28.6 Å². The van der Waals surface area contributed by atoms with Gasteiger partial charge in [-0.25, -0.2) is 4.98 Å². The number of carbonyl (C=O) groups is 2. The summed E-state index contributed by atoms with van der Waals surface area (Å²) in [5.41, 5.74) is 4.04. The standard InChI is InChI=1S/C22H15F3N4O6S/c1-10-8-15(22(23,24)25)27-21-16(10)17(18(36-21)19(26)30)28-20(31)14-7-6-11(35-14)9-34-13-5-3-2-4-12(13)29(32)33/h2-8H,9H2,1H3,(H2,26,30)(H,28,31). The number of hydrogen-bond acceptors (Lipinski definition) is 8. The number of thiophene rings is 1. The van der Waals surface area contributed by atoms with E-state index in [9.17, 15) is 32.9 Å². The number of nitrogens with zero attached hydrogens (tertiary/aromatic N) is 2. The number of nitro benzene ring substituents is 1. The molecule has 10 nitrogen and oxygen atoms in total. The number of halogens is 3. The second kappa shape index (κ2) is 9.30. The summed E-state index contributed by atoms with van der Waals surface area (Å²) >= 11 is 0.622. The fraction of sp³-hybridized carbons (Fsp3) is 0.136. The number of anilines is 1. The number of carbonyl (C=O) groups excluding carboxylic acids is 2. The molecule has 0 fully saturated rings. The van der Waals surface area contributed by atoms with Crippen molar-refractivity contribution < 1.29 is 36.8 Å². The number of primary amides is 1. The van der Waals surface area contributed by atoms with Crippen LogP contribution in [-0.4, -0.2) is 21.7 Å². The summed E-state index contributed by atoms with van der Waals surface area (Å²) in [5.74, 6) is -1.81. The van der Waals surface area contributed by atoms with Crippen molar-refractivity contribution in [2.75, 3.05) is 5.32 Å². The molecule has 0 unspecified atom stereocenters. The van der Waals surface area contributed by atoms with E-state index in [1.165, 1.54) is 37.3 Å². The third-order valence-corrected chi connectivity index (χ3v) is 6.03. The van der Waals surface area contributed by atoms with Gasteiger partial charge in [0.15, 0.2) is 11.5 Å². The monoisotopic (exact) mass is 520 g/mol. The van der Waals surface area contributed by atoms with Gasteiger partial charge in [0, 0.05) is 11.5 Å². The predicted octanol–water partition coefficient (Wildman–Crippen LogP) is 5.05. The number of rotatable bonds is 7. The number of ether oxygens (including phenoxy) is 1. The predicted molar refractivity (Wildman–Crippen MR) is 122 cm³/mol. The molecule has 1 aromatic carbocycles. The summed E-state index contributed by atoms with van der Waals surface area (Å²) in [4.78, 5) is 38.5. The topological polar surface area (TPSA) is 151 Å². The highest BCUT2D eigenvalue weighted by Gasteiger charge is 2.34. The van der Waals surface area contributed by atoms with Gasteiger partial charge < -0.3 is 20.2 Å². The van der Waals surface area contributed by atoms with Crippen LogP contribution < -0.4 is 15.8 Å². The molecule has 0 radical (unpaired) electrons. The fourth-order valence-corrected chi connectivity index (χ4v) is 4.41. The summed E-state index contributed by atoms with van der Waals surface area (Å²) in [7, 11) is 0. The lowest BCUT2D eigenvalue weighted by molar-refractivity contribution is -0.386. The lowest BCUT2D eigenvalue weighted by Gasteiger charge is -2.09. The van der Waals surface area contributed by atoms with Gasteiger partial charge in [-0.15, -0.1) is 11.3 Å². The number of amides is 2. The van der Waals surface area contributed by atoms with Crippen LogP contribution in [0.4, 0.5) is 24.5 Å². The molecule has 3 heterocycles. The van der Waals surface area contributed by atoms with Gasteiger partial charge in [0.05, 0.1) is 10.6 Å². The van der Waals surface area contributed by atoms with Crippen LogP contribution in [0.2, 0.25) is 0 Å². The zero-order chi connectivity index (χ0) is 26.2. The molecule has 36 heavy (non-hydrogen) atoms. The lowest BCUT2D eigenvalue weighted by Crippen LogP contribution is -2.16. The number of para-hydroxylation sites is 2. The van der Waals surface area contributed by atoms with Gasteiger partial charge in [-0.3, -0.25) is 19.7 Å². The normalized spacial score (nSPS) is 11.4. The maximum absolute atomic E-state index is 13.2. The maximum atomic E-state index is 13.2. The Labute approximate surface area is 203 Å². The van der Waals surface area contributed by atoms with E-state index in [1.54, 1.807) is 6.07 Å². The molecule has 14 heteroatoms. The van der Waals surface area contributed by atoms with Crippen molar-refractivity contribution in [2.45, 2.75) is 19.7 Å². The number of nitrogens with two attached hydrogens (primary N) is 1. The zero-order valence-corrected chi connectivity index (χ0v) is 19.0. The molecule has 0 spiro atoms. The Morgan fingerprint density at radius 2 is 1.97 bits per heavy atom. The van der Waals surface area contributed by atoms with Crippen molar-refractivity contribution in [3.05, 3.63) is 80.2 Å². The summed E-state index contributed by atoms with van der Waals surface area (Å²) in [6, 6.07) is 9.23. The largest absolute Gasteiger partial charge is 0.479 e. The number of nitro groups is 1. The third-order valence-electron chi connectivity index (χ3n) is 4.93. The van der Waals surface area contributed by atoms with E-state index in [0.717, 1.165) is 6.07 Å². The molecule has 0 aliphatic heterocycles. The number of aryl methyl sites for hydroxylation is 1. The van der Waals surface area contributed by atoms with Crippen molar-refractivity contribution in [3.63, 3.8) is 0 Å². The number of hydrogen-bond donors (Lipinski definition) is 2. The van der Waals surface area contributed by atoms with Crippen LogP contribution in [0.5, 0.6) is 5.75 Å². The fourth-order valence-electron chi connectivity index (χ4n) is 3.35. The average Bonchev–Trinajstić information content (AvgIpc) is 3.42. The van der Waals surface area contributed by atoms with E-state index in [2.05, 4.69) is 10.3 Å². The summed E-state index contributed by atoms with van der Waals surface area (Å²) in [6.45, 7) is 1.16. The van der Waals surface area contributed by atoms with Crippen molar-refractivity contribution >= 4 is 44.7 Å². The quantitative estimate of drug-likeness (QED) is 0.255. The molecule has 0 bridgehead atoms. The van der Waals surface area contributed by atoms with Gasteiger partial charge in [0.25, 0.3) is 11.8 Å². The van der Waals surface area contributed by atoms with Gasteiger partial charge >= 0.3 is 11.9 Å². The first kappa shape index (κ1) is 24.7. The van der Waals surface area contributed by atoms with Gasteiger partial charge in [-0.2, -0.15) is 13.2 Å². The van der Waals surface area contributed by atoms with E-state index in [4.69, 9.17) is 14.9 Å². The third kappa shape index (κ3) is 4.84. The van der Waals surface area contributed by atoms with E-state index in [-0.39, 0.29) is 55.9 Å². The number of pyridine rings is 1. The first-order chi connectivity index (χ1) is 17.0. The highest BCUT2D eigenvalue weighted by atomic mass is 32.1. The van der Waals surface area contributed by atoms with Crippen LogP contribution in [-0.2, 0) is 12.8 Å². The average molecular weight is 520 g/mol. The van der Waals surface area contributed by atoms with Crippen molar-refractivity contribution in [2.24, 2.45) is 5.73 Å². The summed E-state index contributed by atoms with van der Waals surface area (Å²) < 4.78 is 50.3. The van der Waals surface area contributed by atoms with Crippen LogP contribution in [0.3, 0.4) is 0 Å². The molecule has 3 aromatic heterocycles. The number of aromatic nitrogens is 1. The molecular formula is C22H15F3N4O6S. The molecule has 0 atom stereocenters. The van der Waals surface area contributed by atoms with Crippen LogP contribution in [0.25, 0.3) is 10.2 Å². The summed E-state index contributed by atoms with van der Waals surface area (Å²) in [5, 5.41) is 13.7. The SMILES string of the molecule is Cc1cc(C(F)(F)F)nc2sc(C(N)=O)c(NC(=O)c3ccc(COc4ccccc4[N+](=O)[O-])o3)c12. The zero-order valence-electron chi connectivity index (χ0n) is 18.2.